The smallest absolute Gasteiger partial charge is 0.0462 e. The van der Waals surface area contributed by atoms with E-state index in [0.717, 1.165) is 19.5 Å². The Morgan fingerprint density at radius 2 is 2.10 bits per heavy atom. The molecule has 1 heterocycles. The van der Waals surface area contributed by atoms with E-state index in [1.54, 1.807) is 0 Å². The van der Waals surface area contributed by atoms with Crippen LogP contribution in [0.2, 0.25) is 0 Å². The molecule has 2 N–H and O–H groups in total. The van der Waals surface area contributed by atoms with Crippen LogP contribution in [0.4, 0.5) is 0 Å². The Balaban J connectivity index is 2.35. The molecule has 0 saturated carbocycles. The Morgan fingerprint density at radius 1 is 1.40 bits per heavy atom. The van der Waals surface area contributed by atoms with E-state index in [1.807, 2.05) is 0 Å². The molecule has 1 aliphatic heterocycles. The van der Waals surface area contributed by atoms with E-state index >= 15 is 0 Å². The topological polar surface area (TPSA) is 32.3 Å². The van der Waals surface area contributed by atoms with Crippen molar-refractivity contribution in [2.75, 3.05) is 19.7 Å². The normalized spacial score (nSPS) is 35.4. The molecule has 2 unspecified atom stereocenters. The molecule has 0 spiro atoms. The monoisotopic (exact) mass is 143 g/mol. The average Bonchev–Trinajstić information content (AvgIpc) is 2.13. The number of nitrogens with one attached hydrogen (secondary N) is 1. The SMILES string of the molecule is CC1CCNCCC1CO. The fourth-order valence-corrected chi connectivity index (χ4v) is 1.53. The van der Waals surface area contributed by atoms with Crippen LogP contribution in [-0.4, -0.2) is 24.8 Å². The fraction of sp³-hybridized carbons (Fsp3) is 1.00. The number of rotatable bonds is 1. The highest BCUT2D eigenvalue weighted by Crippen LogP contribution is 2.19. The van der Waals surface area contributed by atoms with Crippen LogP contribution in [-0.2, 0) is 0 Å². The highest BCUT2D eigenvalue weighted by Gasteiger charge is 2.17. The van der Waals surface area contributed by atoms with E-state index in [-0.39, 0.29) is 0 Å². The second kappa shape index (κ2) is 3.94. The Kier molecular flexibility index (Phi) is 3.16. The predicted molar refractivity (Wildman–Crippen MR) is 41.8 cm³/mol. The lowest BCUT2D eigenvalue weighted by molar-refractivity contribution is 0.178. The van der Waals surface area contributed by atoms with Gasteiger partial charge in [-0.1, -0.05) is 6.92 Å². The zero-order chi connectivity index (χ0) is 7.40. The first-order valence-electron chi connectivity index (χ1n) is 4.16. The second-order valence-corrected chi connectivity index (χ2v) is 3.25. The van der Waals surface area contributed by atoms with E-state index in [0.29, 0.717) is 18.4 Å². The molecule has 1 fully saturated rings. The van der Waals surface area contributed by atoms with Gasteiger partial charge in [0.15, 0.2) is 0 Å². The maximum absolute atomic E-state index is 8.96. The number of aliphatic hydroxyl groups excluding tert-OH is 1. The Labute approximate surface area is 62.6 Å². The maximum Gasteiger partial charge on any atom is 0.0462 e. The lowest BCUT2D eigenvalue weighted by atomic mass is 9.90. The van der Waals surface area contributed by atoms with Gasteiger partial charge in [-0.15, -0.1) is 0 Å². The molecule has 1 aliphatic rings. The van der Waals surface area contributed by atoms with Crippen LogP contribution < -0.4 is 5.32 Å². The quantitative estimate of drug-likeness (QED) is 0.564. The van der Waals surface area contributed by atoms with Gasteiger partial charge in [-0.25, -0.2) is 0 Å². The van der Waals surface area contributed by atoms with Crippen molar-refractivity contribution in [3.05, 3.63) is 0 Å². The fourth-order valence-electron chi connectivity index (χ4n) is 1.53. The summed E-state index contributed by atoms with van der Waals surface area (Å²) in [5.74, 6) is 1.23. The van der Waals surface area contributed by atoms with Gasteiger partial charge in [-0.3, -0.25) is 0 Å². The zero-order valence-corrected chi connectivity index (χ0v) is 6.64. The molecule has 2 atom stereocenters. The van der Waals surface area contributed by atoms with Crippen molar-refractivity contribution in [1.29, 1.82) is 0 Å². The lowest BCUT2D eigenvalue weighted by Gasteiger charge is -2.17. The first-order valence-corrected chi connectivity index (χ1v) is 4.16. The van der Waals surface area contributed by atoms with Crippen molar-refractivity contribution in [3.63, 3.8) is 0 Å². The minimum absolute atomic E-state index is 0.364. The van der Waals surface area contributed by atoms with Gasteiger partial charge in [0.05, 0.1) is 0 Å². The summed E-state index contributed by atoms with van der Waals surface area (Å²) in [6, 6.07) is 0. The van der Waals surface area contributed by atoms with Gasteiger partial charge in [-0.2, -0.15) is 0 Å². The van der Waals surface area contributed by atoms with Crippen molar-refractivity contribution in [1.82, 2.24) is 5.32 Å². The largest absolute Gasteiger partial charge is 0.396 e. The van der Waals surface area contributed by atoms with Crippen LogP contribution in [0.15, 0.2) is 0 Å². The number of hydrogen-bond donors (Lipinski definition) is 2. The van der Waals surface area contributed by atoms with E-state index < -0.39 is 0 Å². The summed E-state index contributed by atoms with van der Waals surface area (Å²) < 4.78 is 0. The standard InChI is InChI=1S/C8H17NO/c1-7-2-4-9-5-3-8(7)6-10/h7-10H,2-6H2,1H3. The van der Waals surface area contributed by atoms with Crippen molar-refractivity contribution < 1.29 is 5.11 Å². The molecule has 0 amide bonds. The molecule has 1 rings (SSSR count). The minimum Gasteiger partial charge on any atom is -0.396 e. The van der Waals surface area contributed by atoms with Gasteiger partial charge in [0, 0.05) is 6.61 Å². The van der Waals surface area contributed by atoms with Gasteiger partial charge < -0.3 is 10.4 Å². The summed E-state index contributed by atoms with van der Waals surface area (Å²) in [7, 11) is 0. The third-order valence-electron chi connectivity index (χ3n) is 2.51. The molecule has 0 radical (unpaired) electrons. The summed E-state index contributed by atoms with van der Waals surface area (Å²) in [5.41, 5.74) is 0. The van der Waals surface area contributed by atoms with Crippen molar-refractivity contribution in [3.8, 4) is 0 Å². The Hall–Kier alpha value is -0.0800. The molecule has 0 aromatic heterocycles. The second-order valence-electron chi connectivity index (χ2n) is 3.25. The van der Waals surface area contributed by atoms with E-state index in [9.17, 15) is 0 Å². The van der Waals surface area contributed by atoms with Crippen LogP contribution >= 0.6 is 0 Å². The van der Waals surface area contributed by atoms with Gasteiger partial charge >= 0.3 is 0 Å². The average molecular weight is 143 g/mol. The van der Waals surface area contributed by atoms with Crippen LogP contribution in [0.25, 0.3) is 0 Å². The highest BCUT2D eigenvalue weighted by molar-refractivity contribution is 4.71. The first-order chi connectivity index (χ1) is 4.84. The number of hydrogen-bond acceptors (Lipinski definition) is 2. The molecule has 1 saturated heterocycles. The van der Waals surface area contributed by atoms with Crippen molar-refractivity contribution in [2.45, 2.75) is 19.8 Å². The van der Waals surface area contributed by atoms with Crippen LogP contribution in [0.1, 0.15) is 19.8 Å². The molecular formula is C8H17NO. The third kappa shape index (κ3) is 1.96. The van der Waals surface area contributed by atoms with Crippen LogP contribution in [0.3, 0.4) is 0 Å². The maximum atomic E-state index is 8.96. The summed E-state index contributed by atoms with van der Waals surface area (Å²) >= 11 is 0. The van der Waals surface area contributed by atoms with E-state index in [2.05, 4.69) is 12.2 Å². The summed E-state index contributed by atoms with van der Waals surface area (Å²) in [6.45, 7) is 4.80. The van der Waals surface area contributed by atoms with Crippen LogP contribution in [0, 0.1) is 11.8 Å². The van der Waals surface area contributed by atoms with Gasteiger partial charge in [0.2, 0.25) is 0 Å². The molecule has 0 aromatic carbocycles. The highest BCUT2D eigenvalue weighted by atomic mass is 16.3. The van der Waals surface area contributed by atoms with Gasteiger partial charge in [0.25, 0.3) is 0 Å². The molecule has 2 nitrogen and oxygen atoms in total. The molecule has 0 aliphatic carbocycles. The molecule has 0 aromatic rings. The first kappa shape index (κ1) is 8.02. The summed E-state index contributed by atoms with van der Waals surface area (Å²) in [4.78, 5) is 0. The van der Waals surface area contributed by atoms with Crippen molar-refractivity contribution >= 4 is 0 Å². The predicted octanol–water partition coefficient (Wildman–Crippen LogP) is 0.614. The van der Waals surface area contributed by atoms with Crippen molar-refractivity contribution in [2.24, 2.45) is 11.8 Å². The molecule has 0 bridgehead atoms. The third-order valence-corrected chi connectivity index (χ3v) is 2.51. The van der Waals surface area contributed by atoms with Gasteiger partial charge in [-0.05, 0) is 37.8 Å². The summed E-state index contributed by atoms with van der Waals surface area (Å²) in [5, 5.41) is 12.3. The Bertz CT molecular complexity index is 95.3. The zero-order valence-electron chi connectivity index (χ0n) is 6.64. The molecule has 2 heteroatoms. The van der Waals surface area contributed by atoms with Gasteiger partial charge in [0.1, 0.15) is 0 Å². The Morgan fingerprint density at radius 3 is 2.80 bits per heavy atom. The lowest BCUT2D eigenvalue weighted by Crippen LogP contribution is -2.15. The molecule has 10 heavy (non-hydrogen) atoms. The molecular weight excluding hydrogens is 126 g/mol. The van der Waals surface area contributed by atoms with E-state index in [1.165, 1.54) is 6.42 Å². The number of aliphatic hydroxyl groups is 1. The van der Waals surface area contributed by atoms with Crippen LogP contribution in [0.5, 0.6) is 0 Å². The van der Waals surface area contributed by atoms with E-state index in [4.69, 9.17) is 5.11 Å². The minimum atomic E-state index is 0.364. The molecule has 60 valence electrons. The summed E-state index contributed by atoms with van der Waals surface area (Å²) in [6.07, 6.45) is 2.35.